The minimum Gasteiger partial charge on any atom is -0.307 e. The molecule has 0 aliphatic rings. The fraction of sp³-hybridized carbons (Fsp3) is 0.714. The van der Waals surface area contributed by atoms with E-state index in [0.717, 1.165) is 6.42 Å². The molecule has 0 aliphatic heterocycles. The second-order valence-electron chi connectivity index (χ2n) is 1.69. The smallest absolute Gasteiger partial charge is 0.0658 e. The standard InChI is InChI=1S/C7H13N/c1-4-5-6-7(2)8-3/h7-8H,4H2,1-3H3. The highest BCUT2D eigenvalue weighted by atomic mass is 14.8. The fourth-order valence-corrected chi connectivity index (χ4v) is 0.327. The van der Waals surface area contributed by atoms with E-state index in [-0.39, 0.29) is 0 Å². The van der Waals surface area contributed by atoms with Gasteiger partial charge in [-0.2, -0.15) is 0 Å². The van der Waals surface area contributed by atoms with Gasteiger partial charge in [-0.1, -0.05) is 12.8 Å². The topological polar surface area (TPSA) is 12.0 Å². The maximum Gasteiger partial charge on any atom is 0.0658 e. The van der Waals surface area contributed by atoms with E-state index in [1.54, 1.807) is 0 Å². The third-order valence-electron chi connectivity index (χ3n) is 0.928. The Labute approximate surface area is 51.5 Å². The summed E-state index contributed by atoms with van der Waals surface area (Å²) in [6, 6.07) is 0.343. The van der Waals surface area contributed by atoms with Crippen LogP contribution in [0.1, 0.15) is 20.3 Å². The van der Waals surface area contributed by atoms with E-state index in [0.29, 0.717) is 6.04 Å². The van der Waals surface area contributed by atoms with E-state index in [4.69, 9.17) is 0 Å². The Morgan fingerprint density at radius 3 is 2.62 bits per heavy atom. The first-order valence-electron chi connectivity index (χ1n) is 2.97. The molecule has 1 N–H and O–H groups in total. The lowest BCUT2D eigenvalue weighted by molar-refractivity contribution is 0.749. The van der Waals surface area contributed by atoms with Crippen molar-refractivity contribution >= 4 is 0 Å². The van der Waals surface area contributed by atoms with Crippen molar-refractivity contribution in [3.8, 4) is 11.8 Å². The second kappa shape index (κ2) is 4.67. The van der Waals surface area contributed by atoms with Crippen LogP contribution in [0.5, 0.6) is 0 Å². The molecule has 1 heteroatoms. The van der Waals surface area contributed by atoms with Gasteiger partial charge in [-0.15, -0.1) is 5.92 Å². The maximum absolute atomic E-state index is 3.03. The number of hydrogen-bond donors (Lipinski definition) is 1. The molecule has 0 aromatic heterocycles. The van der Waals surface area contributed by atoms with Crippen LogP contribution in [0.3, 0.4) is 0 Å². The van der Waals surface area contributed by atoms with Gasteiger partial charge in [-0.05, 0) is 14.0 Å². The molecule has 1 nitrogen and oxygen atoms in total. The Morgan fingerprint density at radius 2 is 2.25 bits per heavy atom. The predicted molar refractivity (Wildman–Crippen MR) is 36.6 cm³/mol. The first kappa shape index (κ1) is 7.52. The summed E-state index contributed by atoms with van der Waals surface area (Å²) in [4.78, 5) is 0. The van der Waals surface area contributed by atoms with Crippen molar-refractivity contribution in [3.05, 3.63) is 0 Å². The molecular formula is C7H13N. The molecule has 1 atom stereocenters. The van der Waals surface area contributed by atoms with Gasteiger partial charge in [0.15, 0.2) is 0 Å². The van der Waals surface area contributed by atoms with Crippen molar-refractivity contribution in [2.45, 2.75) is 26.3 Å². The first-order valence-corrected chi connectivity index (χ1v) is 2.97. The normalized spacial score (nSPS) is 11.9. The van der Waals surface area contributed by atoms with Crippen molar-refractivity contribution < 1.29 is 0 Å². The lowest BCUT2D eigenvalue weighted by Crippen LogP contribution is -2.18. The van der Waals surface area contributed by atoms with Crippen LogP contribution in [-0.4, -0.2) is 13.1 Å². The van der Waals surface area contributed by atoms with Gasteiger partial charge in [0.1, 0.15) is 0 Å². The zero-order chi connectivity index (χ0) is 6.41. The fourth-order valence-electron chi connectivity index (χ4n) is 0.327. The van der Waals surface area contributed by atoms with E-state index in [9.17, 15) is 0 Å². The van der Waals surface area contributed by atoms with Crippen LogP contribution in [0.25, 0.3) is 0 Å². The van der Waals surface area contributed by atoms with Gasteiger partial charge in [0.2, 0.25) is 0 Å². The average molecular weight is 111 g/mol. The quantitative estimate of drug-likeness (QED) is 0.498. The van der Waals surface area contributed by atoms with Crippen molar-refractivity contribution in [2.24, 2.45) is 0 Å². The maximum atomic E-state index is 3.03. The highest BCUT2D eigenvalue weighted by Gasteiger charge is 1.84. The number of hydrogen-bond acceptors (Lipinski definition) is 1. The third kappa shape index (κ3) is 3.70. The lowest BCUT2D eigenvalue weighted by Gasteiger charge is -1.96. The number of rotatable bonds is 1. The van der Waals surface area contributed by atoms with Gasteiger partial charge in [0.05, 0.1) is 6.04 Å². The van der Waals surface area contributed by atoms with Gasteiger partial charge in [0, 0.05) is 6.42 Å². The summed E-state index contributed by atoms with van der Waals surface area (Å²) in [5.41, 5.74) is 0. The lowest BCUT2D eigenvalue weighted by atomic mass is 10.3. The molecule has 8 heavy (non-hydrogen) atoms. The van der Waals surface area contributed by atoms with E-state index < -0.39 is 0 Å². The summed E-state index contributed by atoms with van der Waals surface area (Å²) in [5, 5.41) is 3.03. The third-order valence-corrected chi connectivity index (χ3v) is 0.928. The minimum absolute atomic E-state index is 0.343. The van der Waals surface area contributed by atoms with Crippen LogP contribution in [0, 0.1) is 11.8 Å². The van der Waals surface area contributed by atoms with E-state index in [2.05, 4.69) is 24.1 Å². The summed E-state index contributed by atoms with van der Waals surface area (Å²) in [5.74, 6) is 6.01. The van der Waals surface area contributed by atoms with E-state index in [1.807, 2.05) is 14.0 Å². The Balaban J connectivity index is 3.35. The summed E-state index contributed by atoms with van der Waals surface area (Å²) < 4.78 is 0. The summed E-state index contributed by atoms with van der Waals surface area (Å²) >= 11 is 0. The Kier molecular flexibility index (Phi) is 4.39. The van der Waals surface area contributed by atoms with Crippen LogP contribution in [0.2, 0.25) is 0 Å². The molecular weight excluding hydrogens is 98.1 g/mol. The van der Waals surface area contributed by atoms with Gasteiger partial charge in [-0.25, -0.2) is 0 Å². The molecule has 0 saturated carbocycles. The Bertz CT molecular complexity index is 96.7. The molecule has 0 radical (unpaired) electrons. The molecule has 1 unspecified atom stereocenters. The Hall–Kier alpha value is -0.480. The zero-order valence-corrected chi connectivity index (χ0v) is 5.78. The molecule has 0 heterocycles. The molecule has 0 aliphatic carbocycles. The molecule has 0 saturated heterocycles. The van der Waals surface area contributed by atoms with Gasteiger partial charge in [-0.3, -0.25) is 0 Å². The van der Waals surface area contributed by atoms with Gasteiger partial charge >= 0.3 is 0 Å². The molecule has 0 amide bonds. The van der Waals surface area contributed by atoms with E-state index >= 15 is 0 Å². The van der Waals surface area contributed by atoms with Crippen LogP contribution in [0.4, 0.5) is 0 Å². The second-order valence-corrected chi connectivity index (χ2v) is 1.69. The molecule has 0 aromatic carbocycles. The van der Waals surface area contributed by atoms with Crippen LogP contribution >= 0.6 is 0 Å². The van der Waals surface area contributed by atoms with Crippen molar-refractivity contribution in [3.63, 3.8) is 0 Å². The largest absolute Gasteiger partial charge is 0.307 e. The van der Waals surface area contributed by atoms with Crippen molar-refractivity contribution in [2.75, 3.05) is 7.05 Å². The van der Waals surface area contributed by atoms with E-state index in [1.165, 1.54) is 0 Å². The van der Waals surface area contributed by atoms with Crippen LogP contribution in [-0.2, 0) is 0 Å². The predicted octanol–water partition coefficient (Wildman–Crippen LogP) is 1.01. The summed E-state index contributed by atoms with van der Waals surface area (Å²) in [6.45, 7) is 4.10. The van der Waals surface area contributed by atoms with Crippen molar-refractivity contribution in [1.29, 1.82) is 0 Å². The SMILES string of the molecule is CCC#CC(C)NC. The molecule has 0 aromatic rings. The molecule has 0 spiro atoms. The van der Waals surface area contributed by atoms with Crippen LogP contribution in [0.15, 0.2) is 0 Å². The monoisotopic (exact) mass is 111 g/mol. The first-order chi connectivity index (χ1) is 3.81. The number of nitrogens with one attached hydrogen (secondary N) is 1. The summed E-state index contributed by atoms with van der Waals surface area (Å²) in [6.07, 6.45) is 0.950. The zero-order valence-electron chi connectivity index (χ0n) is 5.78. The van der Waals surface area contributed by atoms with Gasteiger partial charge in [0.25, 0.3) is 0 Å². The minimum atomic E-state index is 0.343. The van der Waals surface area contributed by atoms with Crippen LogP contribution < -0.4 is 5.32 Å². The average Bonchev–Trinajstić information content (AvgIpc) is 1.83. The molecule has 0 fully saturated rings. The molecule has 0 rings (SSSR count). The highest BCUT2D eigenvalue weighted by molar-refractivity contribution is 5.04. The molecule has 0 bridgehead atoms. The Morgan fingerprint density at radius 1 is 1.62 bits per heavy atom. The highest BCUT2D eigenvalue weighted by Crippen LogP contribution is 1.74. The summed E-state index contributed by atoms with van der Waals surface area (Å²) in [7, 11) is 1.91. The van der Waals surface area contributed by atoms with Crippen molar-refractivity contribution in [1.82, 2.24) is 5.32 Å². The molecule has 46 valence electrons. The van der Waals surface area contributed by atoms with Gasteiger partial charge < -0.3 is 5.32 Å².